The van der Waals surface area contributed by atoms with Crippen LogP contribution in [0.4, 0.5) is 4.39 Å². The molecule has 0 radical (unpaired) electrons. The molecule has 0 aromatic heterocycles. The predicted octanol–water partition coefficient (Wildman–Crippen LogP) is 3.85. The van der Waals surface area contributed by atoms with Gasteiger partial charge in [-0.05, 0) is 48.7 Å². The highest BCUT2D eigenvalue weighted by Gasteiger charge is 2.37. The predicted molar refractivity (Wildman–Crippen MR) is 110 cm³/mol. The molecule has 29 heavy (non-hydrogen) atoms. The number of hydrogen-bond donors (Lipinski definition) is 0. The van der Waals surface area contributed by atoms with Crippen molar-refractivity contribution in [2.24, 2.45) is 0 Å². The highest BCUT2D eigenvalue weighted by Crippen LogP contribution is 2.25. The fourth-order valence-electron chi connectivity index (χ4n) is 3.39. The first-order chi connectivity index (χ1) is 13.8. The normalized spacial score (nSPS) is 18.9. The van der Waals surface area contributed by atoms with E-state index in [-0.39, 0.29) is 24.0 Å². The number of sulfone groups is 1. The first kappa shape index (κ1) is 21.6. The van der Waals surface area contributed by atoms with Gasteiger partial charge < -0.3 is 9.64 Å². The van der Waals surface area contributed by atoms with Gasteiger partial charge in [0, 0.05) is 17.6 Å². The molecule has 1 heterocycles. The zero-order valence-electron chi connectivity index (χ0n) is 16.1. The Labute approximate surface area is 175 Å². The van der Waals surface area contributed by atoms with E-state index >= 15 is 0 Å². The van der Waals surface area contributed by atoms with Crippen LogP contribution < -0.4 is 4.74 Å². The molecule has 2 aromatic rings. The van der Waals surface area contributed by atoms with E-state index in [1.165, 1.54) is 24.3 Å². The third-order valence-corrected chi connectivity index (χ3v) is 7.09. The molecule has 1 saturated heterocycles. The molecule has 0 saturated carbocycles. The minimum Gasteiger partial charge on any atom is -0.481 e. The van der Waals surface area contributed by atoms with Gasteiger partial charge in [-0.2, -0.15) is 0 Å². The molecule has 2 atom stereocenters. The summed E-state index contributed by atoms with van der Waals surface area (Å²) in [4.78, 5) is 14.9. The highest BCUT2D eigenvalue weighted by molar-refractivity contribution is 7.91. The topological polar surface area (TPSA) is 63.7 Å². The van der Waals surface area contributed by atoms with E-state index in [1.54, 1.807) is 17.0 Å². The summed E-state index contributed by atoms with van der Waals surface area (Å²) in [5.41, 5.74) is 0.739. The van der Waals surface area contributed by atoms with Gasteiger partial charge in [0.25, 0.3) is 5.91 Å². The Hall–Kier alpha value is -2.12. The van der Waals surface area contributed by atoms with Crippen LogP contribution in [0.2, 0.25) is 5.02 Å². The average Bonchev–Trinajstić information content (AvgIpc) is 3.06. The van der Waals surface area contributed by atoms with E-state index in [0.717, 1.165) is 5.56 Å². The number of halogens is 2. The van der Waals surface area contributed by atoms with Crippen LogP contribution in [0.1, 0.15) is 25.3 Å². The molecule has 1 aliphatic rings. The van der Waals surface area contributed by atoms with Crippen molar-refractivity contribution in [3.05, 3.63) is 64.9 Å². The third-order valence-electron chi connectivity index (χ3n) is 4.97. The molecular weight excluding hydrogens is 417 g/mol. The second-order valence-electron chi connectivity index (χ2n) is 7.08. The van der Waals surface area contributed by atoms with Crippen LogP contribution in [0.25, 0.3) is 0 Å². The Balaban J connectivity index is 1.85. The smallest absolute Gasteiger partial charge is 0.264 e. The van der Waals surface area contributed by atoms with Crippen LogP contribution in [0.3, 0.4) is 0 Å². The minimum atomic E-state index is -3.18. The molecule has 5 nitrogen and oxygen atoms in total. The Morgan fingerprint density at radius 3 is 2.52 bits per heavy atom. The monoisotopic (exact) mass is 439 g/mol. The molecule has 1 aliphatic heterocycles. The van der Waals surface area contributed by atoms with Crippen molar-refractivity contribution in [2.45, 2.75) is 38.5 Å². The zero-order valence-corrected chi connectivity index (χ0v) is 17.6. The number of amides is 1. The molecule has 1 fully saturated rings. The van der Waals surface area contributed by atoms with Gasteiger partial charge in [0.2, 0.25) is 0 Å². The molecule has 2 aromatic carbocycles. The number of benzene rings is 2. The van der Waals surface area contributed by atoms with Gasteiger partial charge in [0.05, 0.1) is 11.5 Å². The molecule has 0 spiro atoms. The summed E-state index contributed by atoms with van der Waals surface area (Å²) in [7, 11) is -3.18. The molecule has 3 rings (SSSR count). The molecule has 0 bridgehead atoms. The van der Waals surface area contributed by atoms with Crippen LogP contribution in [0.15, 0.2) is 48.5 Å². The van der Waals surface area contributed by atoms with E-state index in [4.69, 9.17) is 16.3 Å². The van der Waals surface area contributed by atoms with Crippen molar-refractivity contribution in [3.8, 4) is 5.75 Å². The van der Waals surface area contributed by atoms with Crippen LogP contribution in [-0.2, 0) is 21.2 Å². The van der Waals surface area contributed by atoms with Gasteiger partial charge in [0.15, 0.2) is 15.9 Å². The molecule has 8 heteroatoms. The van der Waals surface area contributed by atoms with Gasteiger partial charge >= 0.3 is 0 Å². The Bertz CT molecular complexity index is 965. The van der Waals surface area contributed by atoms with E-state index < -0.39 is 27.8 Å². The largest absolute Gasteiger partial charge is 0.481 e. The summed E-state index contributed by atoms with van der Waals surface area (Å²) in [5, 5.41) is 0.513. The summed E-state index contributed by atoms with van der Waals surface area (Å²) in [6, 6.07) is 12.2. The van der Waals surface area contributed by atoms with Crippen LogP contribution in [-0.4, -0.2) is 42.9 Å². The average molecular weight is 440 g/mol. The number of carbonyl (C=O) groups excluding carboxylic acids is 1. The quantitative estimate of drug-likeness (QED) is 0.657. The van der Waals surface area contributed by atoms with Crippen molar-refractivity contribution in [1.82, 2.24) is 4.90 Å². The summed E-state index contributed by atoms with van der Waals surface area (Å²) in [6.07, 6.45) is -0.0496. The van der Waals surface area contributed by atoms with E-state index in [0.29, 0.717) is 23.6 Å². The van der Waals surface area contributed by atoms with Gasteiger partial charge in [-0.3, -0.25) is 4.79 Å². The van der Waals surface area contributed by atoms with E-state index in [2.05, 4.69) is 0 Å². The first-order valence-corrected chi connectivity index (χ1v) is 11.7. The fraction of sp³-hybridized carbons (Fsp3) is 0.381. The van der Waals surface area contributed by atoms with Crippen LogP contribution in [0.5, 0.6) is 5.75 Å². The Kier molecular flexibility index (Phi) is 6.80. The lowest BCUT2D eigenvalue weighted by atomic mass is 10.1. The zero-order chi connectivity index (χ0) is 21.0. The Morgan fingerprint density at radius 1 is 1.24 bits per heavy atom. The third kappa shape index (κ3) is 5.48. The molecule has 0 aliphatic carbocycles. The molecule has 156 valence electrons. The standard InChI is InChI=1S/C21H23ClFNO4S/c1-2-20(28-18-9-7-16(23)8-10-18)21(25)24(17-11-12-29(26,27)14-17)13-15-5-3-4-6-19(15)22/h3-10,17,20H,2,11-14H2,1H3/t17-,20+/m1/s1. The summed E-state index contributed by atoms with van der Waals surface area (Å²) < 4.78 is 43.0. The summed E-state index contributed by atoms with van der Waals surface area (Å²) in [5.74, 6) is -0.342. The van der Waals surface area contributed by atoms with Crippen LogP contribution >= 0.6 is 11.6 Å². The number of ether oxygens (including phenoxy) is 1. The fourth-order valence-corrected chi connectivity index (χ4v) is 5.32. The number of rotatable bonds is 7. The van der Waals surface area contributed by atoms with Gasteiger partial charge in [-0.25, -0.2) is 12.8 Å². The maximum atomic E-state index is 13.3. The number of nitrogens with zero attached hydrogens (tertiary/aromatic N) is 1. The number of hydrogen-bond acceptors (Lipinski definition) is 4. The summed E-state index contributed by atoms with van der Waals surface area (Å²) in [6.45, 7) is 2.01. The maximum Gasteiger partial charge on any atom is 0.264 e. The molecule has 0 N–H and O–H groups in total. The van der Waals surface area contributed by atoms with Gasteiger partial charge in [-0.15, -0.1) is 0 Å². The van der Waals surface area contributed by atoms with Crippen molar-refractivity contribution in [3.63, 3.8) is 0 Å². The minimum absolute atomic E-state index is 0.0551. The molecular formula is C21H23ClFNO4S. The molecule has 1 amide bonds. The van der Waals surface area contributed by atoms with Gasteiger partial charge in [-0.1, -0.05) is 36.7 Å². The second kappa shape index (κ2) is 9.13. The van der Waals surface area contributed by atoms with Crippen molar-refractivity contribution >= 4 is 27.3 Å². The SMILES string of the molecule is CC[C@H](Oc1ccc(F)cc1)C(=O)N(Cc1ccccc1Cl)[C@@H]1CCS(=O)(=O)C1. The Morgan fingerprint density at radius 2 is 1.93 bits per heavy atom. The second-order valence-corrected chi connectivity index (χ2v) is 9.72. The van der Waals surface area contributed by atoms with E-state index in [1.807, 2.05) is 19.1 Å². The van der Waals surface area contributed by atoms with Crippen molar-refractivity contribution in [2.75, 3.05) is 11.5 Å². The first-order valence-electron chi connectivity index (χ1n) is 9.45. The maximum absolute atomic E-state index is 13.3. The lowest BCUT2D eigenvalue weighted by Crippen LogP contribution is -2.47. The van der Waals surface area contributed by atoms with Crippen molar-refractivity contribution in [1.29, 1.82) is 0 Å². The van der Waals surface area contributed by atoms with Gasteiger partial charge in [0.1, 0.15) is 11.6 Å². The lowest BCUT2D eigenvalue weighted by molar-refractivity contribution is -0.141. The highest BCUT2D eigenvalue weighted by atomic mass is 35.5. The summed E-state index contributed by atoms with van der Waals surface area (Å²) >= 11 is 6.27. The molecule has 0 unspecified atom stereocenters. The van der Waals surface area contributed by atoms with Crippen molar-refractivity contribution < 1.29 is 22.3 Å². The number of carbonyl (C=O) groups is 1. The van der Waals surface area contributed by atoms with Crippen LogP contribution in [0, 0.1) is 5.82 Å². The van der Waals surface area contributed by atoms with E-state index in [9.17, 15) is 17.6 Å². The lowest BCUT2D eigenvalue weighted by Gasteiger charge is -2.32.